The van der Waals surface area contributed by atoms with Crippen LogP contribution in [0.3, 0.4) is 0 Å². The summed E-state index contributed by atoms with van der Waals surface area (Å²) in [5.74, 6) is 0.921. The Hall–Kier alpha value is -5.50. The summed E-state index contributed by atoms with van der Waals surface area (Å²) in [6, 6.07) is 16.6. The summed E-state index contributed by atoms with van der Waals surface area (Å²) in [6.07, 6.45) is 1.99. The van der Waals surface area contributed by atoms with Gasteiger partial charge in [0.2, 0.25) is 24.5 Å². The molecule has 14 nitrogen and oxygen atoms in total. The van der Waals surface area contributed by atoms with Gasteiger partial charge in [-0.05, 0) is 62.2 Å². The van der Waals surface area contributed by atoms with Gasteiger partial charge in [-0.25, -0.2) is 4.79 Å². The summed E-state index contributed by atoms with van der Waals surface area (Å²) in [6.45, 7) is 4.16. The predicted octanol–water partition coefficient (Wildman–Crippen LogP) is 4.84. The highest BCUT2D eigenvalue weighted by Crippen LogP contribution is 2.34. The number of aliphatic hydroxyl groups is 1. The van der Waals surface area contributed by atoms with E-state index in [0.29, 0.717) is 77.8 Å². The van der Waals surface area contributed by atoms with E-state index in [-0.39, 0.29) is 62.5 Å². The minimum Gasteiger partial charge on any atom is -0.488 e. The molecule has 2 heterocycles. The van der Waals surface area contributed by atoms with Crippen molar-refractivity contribution in [2.24, 2.45) is 5.92 Å². The van der Waals surface area contributed by atoms with E-state index in [1.807, 2.05) is 6.92 Å². The van der Waals surface area contributed by atoms with Gasteiger partial charge in [0.25, 0.3) is 0 Å². The van der Waals surface area contributed by atoms with Crippen LogP contribution in [0.25, 0.3) is 0 Å². The zero-order chi connectivity index (χ0) is 37.2. The number of anilines is 4. The van der Waals surface area contributed by atoms with Crippen LogP contribution in [0, 0.1) is 5.92 Å². The first kappa shape index (κ1) is 37.7. The molecule has 0 fully saturated rings. The normalized spacial score (nSPS) is 17.1. The SMILES string of the molecule is C[C@H]1CN([C@@H](C)CO)C(=O)Cc2cc(NC(=O)CCCCCC(=O)Nc3ccccc3N)ccc2O[C@H]1CN(C)C(=O)Nc1ccc2c(c1)OCO2. The lowest BCUT2D eigenvalue weighted by molar-refractivity contribution is -0.134. The Morgan fingerprint density at radius 1 is 0.923 bits per heavy atom. The van der Waals surface area contributed by atoms with Gasteiger partial charge in [-0.2, -0.15) is 0 Å². The largest absolute Gasteiger partial charge is 0.488 e. The molecule has 14 heteroatoms. The molecule has 0 saturated heterocycles. The summed E-state index contributed by atoms with van der Waals surface area (Å²) >= 11 is 0. The molecule has 0 radical (unpaired) electrons. The Morgan fingerprint density at radius 2 is 1.60 bits per heavy atom. The first-order valence-corrected chi connectivity index (χ1v) is 17.6. The van der Waals surface area contributed by atoms with Crippen LogP contribution < -0.4 is 35.9 Å². The Morgan fingerprint density at radius 3 is 2.33 bits per heavy atom. The number of hydrogen-bond donors (Lipinski definition) is 5. The van der Waals surface area contributed by atoms with E-state index in [2.05, 4.69) is 16.0 Å². The highest BCUT2D eigenvalue weighted by atomic mass is 16.7. The number of hydrogen-bond acceptors (Lipinski definition) is 9. The molecule has 6 N–H and O–H groups in total. The maximum absolute atomic E-state index is 13.6. The zero-order valence-electron chi connectivity index (χ0n) is 29.9. The van der Waals surface area contributed by atoms with E-state index in [1.54, 1.807) is 79.5 Å². The lowest BCUT2D eigenvalue weighted by Crippen LogP contribution is -2.48. The highest BCUT2D eigenvalue weighted by molar-refractivity contribution is 5.94. The van der Waals surface area contributed by atoms with Gasteiger partial charge in [0.15, 0.2) is 11.5 Å². The molecule has 0 aromatic heterocycles. The fraction of sp³-hybridized carbons (Fsp3) is 0.421. The first-order chi connectivity index (χ1) is 25.0. The van der Waals surface area contributed by atoms with Gasteiger partial charge in [-0.1, -0.05) is 25.5 Å². The maximum Gasteiger partial charge on any atom is 0.321 e. The molecular weight excluding hydrogens is 668 g/mol. The molecule has 0 unspecified atom stereocenters. The van der Waals surface area contributed by atoms with Crippen LogP contribution in [0.1, 0.15) is 51.5 Å². The fourth-order valence-corrected chi connectivity index (χ4v) is 6.07. The molecule has 278 valence electrons. The number of nitrogens with one attached hydrogen (secondary N) is 3. The third-order valence-corrected chi connectivity index (χ3v) is 9.17. The number of nitrogen functional groups attached to an aromatic ring is 1. The van der Waals surface area contributed by atoms with Crippen molar-refractivity contribution in [3.05, 3.63) is 66.2 Å². The smallest absolute Gasteiger partial charge is 0.321 e. The standard InChI is InChI=1S/C38H48N6O8/c1-24-20-44(25(2)22-45)37(48)18-26-17-27(40-35(46)11-5-4-6-12-36(47)42-30-10-8-7-9-29(30)39)13-15-31(26)52-34(24)21-43(3)38(49)41-28-14-16-32-33(19-28)51-23-50-32/h7-10,13-17,19,24-25,34,45H,4-6,11-12,18,20-23,39H2,1-3H3,(H,40,46)(H,41,49)(H,42,47)/t24-,25-,34-/m0/s1. The fourth-order valence-electron chi connectivity index (χ4n) is 6.07. The van der Waals surface area contributed by atoms with Crippen molar-refractivity contribution in [2.75, 3.05) is 55.2 Å². The molecule has 0 saturated carbocycles. The monoisotopic (exact) mass is 716 g/mol. The van der Waals surface area contributed by atoms with Gasteiger partial charge in [-0.15, -0.1) is 0 Å². The second-order valence-corrected chi connectivity index (χ2v) is 13.3. The number of carbonyl (C=O) groups excluding carboxylic acids is 4. The molecule has 5 rings (SSSR count). The van der Waals surface area contributed by atoms with Crippen LogP contribution in [0.2, 0.25) is 0 Å². The molecule has 3 aromatic rings. The summed E-state index contributed by atoms with van der Waals surface area (Å²) < 4.78 is 17.3. The minimum atomic E-state index is -0.516. The Balaban J connectivity index is 1.19. The van der Waals surface area contributed by atoms with E-state index < -0.39 is 12.1 Å². The Kier molecular flexibility index (Phi) is 12.8. The van der Waals surface area contributed by atoms with Crippen molar-refractivity contribution in [1.82, 2.24) is 9.80 Å². The quantitative estimate of drug-likeness (QED) is 0.122. The van der Waals surface area contributed by atoms with Gasteiger partial charge in [0.05, 0.1) is 37.0 Å². The number of fused-ring (bicyclic) bond motifs is 2. The van der Waals surface area contributed by atoms with E-state index in [4.69, 9.17) is 19.9 Å². The molecule has 0 aliphatic carbocycles. The molecule has 3 aromatic carbocycles. The number of para-hydroxylation sites is 2. The minimum absolute atomic E-state index is 0.0000414. The number of carbonyl (C=O) groups is 4. The van der Waals surface area contributed by atoms with Crippen molar-refractivity contribution in [1.29, 1.82) is 0 Å². The molecule has 3 atom stereocenters. The lowest BCUT2D eigenvalue weighted by atomic mass is 10.0. The first-order valence-electron chi connectivity index (χ1n) is 17.6. The number of aliphatic hydroxyl groups excluding tert-OH is 1. The number of likely N-dealkylation sites (N-methyl/N-ethyl adjacent to an activating group) is 1. The third kappa shape index (κ3) is 10.1. The molecule has 2 aliphatic heterocycles. The number of benzene rings is 3. The van der Waals surface area contributed by atoms with Crippen molar-refractivity contribution in [2.45, 2.75) is 64.5 Å². The van der Waals surface area contributed by atoms with Gasteiger partial charge < -0.3 is 50.8 Å². The van der Waals surface area contributed by atoms with Gasteiger partial charge >= 0.3 is 6.03 Å². The third-order valence-electron chi connectivity index (χ3n) is 9.17. The summed E-state index contributed by atoms with van der Waals surface area (Å²) in [7, 11) is 1.67. The zero-order valence-corrected chi connectivity index (χ0v) is 29.9. The number of urea groups is 1. The van der Waals surface area contributed by atoms with Crippen LogP contribution in [0.5, 0.6) is 17.2 Å². The molecule has 0 bridgehead atoms. The second-order valence-electron chi connectivity index (χ2n) is 13.3. The van der Waals surface area contributed by atoms with E-state index in [1.165, 1.54) is 4.90 Å². The van der Waals surface area contributed by atoms with Gasteiger partial charge in [-0.3, -0.25) is 14.4 Å². The van der Waals surface area contributed by atoms with E-state index in [0.717, 1.165) is 0 Å². The molecule has 5 amide bonds. The molecule has 2 aliphatic rings. The number of nitrogens with zero attached hydrogens (tertiary/aromatic N) is 2. The average molecular weight is 717 g/mol. The van der Waals surface area contributed by atoms with Crippen molar-refractivity contribution in [3.63, 3.8) is 0 Å². The van der Waals surface area contributed by atoms with Crippen LogP contribution in [0.15, 0.2) is 60.7 Å². The number of ether oxygens (including phenoxy) is 3. The number of nitrogens with two attached hydrogens (primary N) is 1. The van der Waals surface area contributed by atoms with Gasteiger partial charge in [0, 0.05) is 55.4 Å². The number of rotatable bonds is 13. The van der Waals surface area contributed by atoms with E-state index >= 15 is 0 Å². The Labute approximate surface area is 303 Å². The Bertz CT molecular complexity index is 1750. The average Bonchev–Trinajstić information content (AvgIpc) is 3.60. The van der Waals surface area contributed by atoms with Crippen LogP contribution in [-0.2, 0) is 20.8 Å². The van der Waals surface area contributed by atoms with E-state index in [9.17, 15) is 24.3 Å². The second kappa shape index (κ2) is 17.6. The summed E-state index contributed by atoms with van der Waals surface area (Å²) in [5, 5.41) is 18.6. The van der Waals surface area contributed by atoms with Crippen molar-refractivity contribution < 1.29 is 38.5 Å². The number of amides is 5. The lowest BCUT2D eigenvalue weighted by Gasteiger charge is -2.34. The van der Waals surface area contributed by atoms with Crippen molar-refractivity contribution >= 4 is 46.5 Å². The van der Waals surface area contributed by atoms with Crippen LogP contribution in [0.4, 0.5) is 27.5 Å². The summed E-state index contributed by atoms with van der Waals surface area (Å²) in [5.41, 5.74) is 8.63. The maximum atomic E-state index is 13.6. The van der Waals surface area contributed by atoms with Crippen molar-refractivity contribution in [3.8, 4) is 17.2 Å². The number of unbranched alkanes of at least 4 members (excludes halogenated alkanes) is 2. The molecule has 0 spiro atoms. The molecular formula is C38H48N6O8. The predicted molar refractivity (Wildman–Crippen MR) is 197 cm³/mol. The topological polar surface area (TPSA) is 185 Å². The van der Waals surface area contributed by atoms with Gasteiger partial charge in [0.1, 0.15) is 11.9 Å². The summed E-state index contributed by atoms with van der Waals surface area (Å²) in [4.78, 5) is 55.1. The van der Waals surface area contributed by atoms with Crippen LogP contribution in [-0.4, -0.2) is 84.3 Å². The van der Waals surface area contributed by atoms with Crippen LogP contribution >= 0.6 is 0 Å². The molecule has 52 heavy (non-hydrogen) atoms. The highest BCUT2D eigenvalue weighted by Gasteiger charge is 2.32.